The number of nitrogens with zero attached hydrogens (tertiary/aromatic N) is 1. The molecule has 0 unspecified atom stereocenters. The van der Waals surface area contributed by atoms with Crippen LogP contribution in [0.2, 0.25) is 0 Å². The first-order chi connectivity index (χ1) is 13.1. The number of amides is 1. The molecule has 27 heavy (non-hydrogen) atoms. The molecule has 0 aliphatic rings. The SMILES string of the molecule is O=C(O)COc1cccc(-c2csc(NC(=O)CCc3ccccc3)n2)c1. The van der Waals surface area contributed by atoms with E-state index >= 15 is 0 Å². The maximum atomic E-state index is 12.1. The fourth-order valence-corrected chi connectivity index (χ4v) is 3.17. The summed E-state index contributed by atoms with van der Waals surface area (Å²) in [4.78, 5) is 27.1. The quantitative estimate of drug-likeness (QED) is 0.618. The fourth-order valence-electron chi connectivity index (χ4n) is 2.44. The third kappa shape index (κ3) is 5.65. The Morgan fingerprint density at radius 1 is 1.11 bits per heavy atom. The molecule has 0 bridgehead atoms. The van der Waals surface area contributed by atoms with E-state index in [1.54, 1.807) is 18.2 Å². The summed E-state index contributed by atoms with van der Waals surface area (Å²) in [6.45, 7) is -0.400. The van der Waals surface area contributed by atoms with Gasteiger partial charge >= 0.3 is 5.97 Å². The molecule has 0 aliphatic heterocycles. The summed E-state index contributed by atoms with van der Waals surface area (Å²) in [5.41, 5.74) is 2.60. The van der Waals surface area contributed by atoms with Crippen molar-refractivity contribution in [3.05, 3.63) is 65.5 Å². The van der Waals surface area contributed by atoms with Gasteiger partial charge in [-0.3, -0.25) is 4.79 Å². The number of nitrogens with one attached hydrogen (secondary N) is 1. The second-order valence-corrected chi connectivity index (χ2v) is 6.64. The van der Waals surface area contributed by atoms with E-state index in [4.69, 9.17) is 9.84 Å². The molecule has 2 N–H and O–H groups in total. The molecule has 7 heteroatoms. The number of aliphatic carboxylic acids is 1. The van der Waals surface area contributed by atoms with Crippen LogP contribution in [0.15, 0.2) is 60.0 Å². The summed E-state index contributed by atoms with van der Waals surface area (Å²) in [5, 5.41) is 13.9. The highest BCUT2D eigenvalue weighted by molar-refractivity contribution is 7.14. The lowest BCUT2D eigenvalue weighted by Gasteiger charge is -2.04. The van der Waals surface area contributed by atoms with Crippen LogP contribution in [0.3, 0.4) is 0 Å². The van der Waals surface area contributed by atoms with Crippen molar-refractivity contribution in [3.63, 3.8) is 0 Å². The summed E-state index contributed by atoms with van der Waals surface area (Å²) in [6, 6.07) is 16.9. The summed E-state index contributed by atoms with van der Waals surface area (Å²) >= 11 is 1.34. The Morgan fingerprint density at radius 3 is 2.70 bits per heavy atom. The highest BCUT2D eigenvalue weighted by Gasteiger charge is 2.09. The molecule has 0 saturated carbocycles. The van der Waals surface area contributed by atoms with E-state index in [1.165, 1.54) is 11.3 Å². The molecule has 0 saturated heterocycles. The number of hydrogen-bond acceptors (Lipinski definition) is 5. The number of carboxylic acid groups (broad SMARTS) is 1. The van der Waals surface area contributed by atoms with Crippen LogP contribution in [-0.2, 0) is 16.0 Å². The van der Waals surface area contributed by atoms with Gasteiger partial charge in [-0.15, -0.1) is 11.3 Å². The molecule has 2 aromatic carbocycles. The number of carboxylic acids is 1. The molecule has 6 nitrogen and oxygen atoms in total. The zero-order valence-electron chi connectivity index (χ0n) is 14.4. The molecule has 0 spiro atoms. The van der Waals surface area contributed by atoms with Crippen molar-refractivity contribution in [1.82, 2.24) is 4.98 Å². The maximum Gasteiger partial charge on any atom is 0.341 e. The molecule has 1 aromatic heterocycles. The van der Waals surface area contributed by atoms with Gasteiger partial charge in [0.15, 0.2) is 11.7 Å². The molecule has 0 radical (unpaired) electrons. The zero-order chi connectivity index (χ0) is 19.1. The van der Waals surface area contributed by atoms with Crippen molar-refractivity contribution in [2.24, 2.45) is 0 Å². The Labute approximate surface area is 160 Å². The number of carbonyl (C=O) groups excluding carboxylic acids is 1. The monoisotopic (exact) mass is 382 g/mol. The number of aromatic nitrogens is 1. The minimum Gasteiger partial charge on any atom is -0.482 e. The first kappa shape index (κ1) is 18.6. The number of thiazole rings is 1. The summed E-state index contributed by atoms with van der Waals surface area (Å²) in [5.74, 6) is -0.663. The van der Waals surface area contributed by atoms with Crippen LogP contribution in [0.5, 0.6) is 5.75 Å². The first-order valence-electron chi connectivity index (χ1n) is 8.34. The summed E-state index contributed by atoms with van der Waals surface area (Å²) < 4.78 is 5.18. The van der Waals surface area contributed by atoms with E-state index in [9.17, 15) is 9.59 Å². The van der Waals surface area contributed by atoms with E-state index in [0.717, 1.165) is 11.1 Å². The second kappa shape index (κ2) is 8.95. The molecular weight excluding hydrogens is 364 g/mol. The highest BCUT2D eigenvalue weighted by Crippen LogP contribution is 2.27. The van der Waals surface area contributed by atoms with E-state index in [0.29, 0.717) is 29.4 Å². The molecule has 0 aliphatic carbocycles. The zero-order valence-corrected chi connectivity index (χ0v) is 15.2. The lowest BCUT2D eigenvalue weighted by molar-refractivity contribution is -0.139. The van der Waals surface area contributed by atoms with Crippen molar-refractivity contribution < 1.29 is 19.4 Å². The largest absolute Gasteiger partial charge is 0.482 e. The van der Waals surface area contributed by atoms with E-state index in [-0.39, 0.29) is 5.91 Å². The van der Waals surface area contributed by atoms with Crippen LogP contribution < -0.4 is 10.1 Å². The lowest BCUT2D eigenvalue weighted by atomic mass is 10.1. The topological polar surface area (TPSA) is 88.5 Å². The molecule has 0 fully saturated rings. The van der Waals surface area contributed by atoms with Crippen LogP contribution in [0, 0.1) is 0 Å². The Kier molecular flexibility index (Phi) is 6.17. The minimum absolute atomic E-state index is 0.0849. The number of hydrogen-bond donors (Lipinski definition) is 2. The molecule has 3 rings (SSSR count). The molecule has 1 heterocycles. The number of aryl methyl sites for hydroxylation is 1. The second-order valence-electron chi connectivity index (χ2n) is 5.78. The van der Waals surface area contributed by atoms with Gasteiger partial charge in [-0.05, 0) is 24.1 Å². The van der Waals surface area contributed by atoms with Gasteiger partial charge in [0.1, 0.15) is 5.75 Å². The first-order valence-corrected chi connectivity index (χ1v) is 9.22. The summed E-state index contributed by atoms with van der Waals surface area (Å²) in [7, 11) is 0. The van der Waals surface area contributed by atoms with Crippen LogP contribution in [-0.4, -0.2) is 28.6 Å². The fraction of sp³-hybridized carbons (Fsp3) is 0.150. The predicted molar refractivity (Wildman–Crippen MR) is 104 cm³/mol. The van der Waals surface area contributed by atoms with Gasteiger partial charge in [-0.25, -0.2) is 9.78 Å². The average molecular weight is 382 g/mol. The molecule has 1 amide bonds. The van der Waals surface area contributed by atoms with Gasteiger partial charge in [0.25, 0.3) is 0 Å². The number of ether oxygens (including phenoxy) is 1. The summed E-state index contributed by atoms with van der Waals surface area (Å²) in [6.07, 6.45) is 1.06. The smallest absolute Gasteiger partial charge is 0.341 e. The van der Waals surface area contributed by atoms with E-state index in [2.05, 4.69) is 10.3 Å². The third-order valence-electron chi connectivity index (χ3n) is 3.73. The van der Waals surface area contributed by atoms with Gasteiger partial charge in [0, 0.05) is 17.4 Å². The Balaban J connectivity index is 1.58. The van der Waals surface area contributed by atoms with Gasteiger partial charge in [0.2, 0.25) is 5.91 Å². The lowest BCUT2D eigenvalue weighted by Crippen LogP contribution is -2.12. The number of benzene rings is 2. The van der Waals surface area contributed by atoms with Crippen molar-refractivity contribution in [2.45, 2.75) is 12.8 Å². The maximum absolute atomic E-state index is 12.1. The van der Waals surface area contributed by atoms with Gasteiger partial charge in [-0.2, -0.15) is 0 Å². The Hall–Kier alpha value is -3.19. The number of anilines is 1. The highest BCUT2D eigenvalue weighted by atomic mass is 32.1. The van der Waals surface area contributed by atoms with Crippen molar-refractivity contribution >= 4 is 28.3 Å². The minimum atomic E-state index is -1.03. The van der Waals surface area contributed by atoms with Crippen LogP contribution in [0.4, 0.5) is 5.13 Å². The number of carbonyl (C=O) groups is 2. The molecular formula is C20H18N2O4S. The third-order valence-corrected chi connectivity index (χ3v) is 4.48. The van der Waals surface area contributed by atoms with Crippen LogP contribution in [0.25, 0.3) is 11.3 Å². The predicted octanol–water partition coefficient (Wildman–Crippen LogP) is 3.84. The molecule has 138 valence electrons. The van der Waals surface area contributed by atoms with Gasteiger partial charge < -0.3 is 15.2 Å². The van der Waals surface area contributed by atoms with Crippen molar-refractivity contribution in [2.75, 3.05) is 11.9 Å². The Morgan fingerprint density at radius 2 is 1.93 bits per heavy atom. The van der Waals surface area contributed by atoms with Crippen molar-refractivity contribution in [1.29, 1.82) is 0 Å². The van der Waals surface area contributed by atoms with E-state index in [1.807, 2.05) is 41.8 Å². The standard InChI is InChI=1S/C20H18N2O4S/c23-18(10-9-14-5-2-1-3-6-14)22-20-21-17(13-27-20)15-7-4-8-16(11-15)26-12-19(24)25/h1-8,11,13H,9-10,12H2,(H,24,25)(H,21,22,23). The average Bonchev–Trinajstić information content (AvgIpc) is 3.14. The van der Waals surface area contributed by atoms with Crippen molar-refractivity contribution in [3.8, 4) is 17.0 Å². The van der Waals surface area contributed by atoms with Crippen LogP contribution >= 0.6 is 11.3 Å². The van der Waals surface area contributed by atoms with Crippen LogP contribution in [0.1, 0.15) is 12.0 Å². The van der Waals surface area contributed by atoms with E-state index < -0.39 is 12.6 Å². The molecule has 3 aromatic rings. The number of rotatable bonds is 8. The normalized spacial score (nSPS) is 10.4. The molecule has 0 atom stereocenters. The van der Waals surface area contributed by atoms with Gasteiger partial charge in [0.05, 0.1) is 5.69 Å². The Bertz CT molecular complexity index is 924. The van der Waals surface area contributed by atoms with Gasteiger partial charge in [-0.1, -0.05) is 42.5 Å².